The maximum atomic E-state index is 12.4. The van der Waals surface area contributed by atoms with Gasteiger partial charge in [-0.05, 0) is 26.0 Å². The van der Waals surface area contributed by atoms with E-state index in [1.165, 1.54) is 36.2 Å². The van der Waals surface area contributed by atoms with Crippen LogP contribution >= 0.6 is 11.3 Å². The smallest absolute Gasteiger partial charge is 0.543 e. The Morgan fingerprint density at radius 2 is 2.10 bits per heavy atom. The summed E-state index contributed by atoms with van der Waals surface area (Å²) in [4.78, 5) is 42.4. The summed E-state index contributed by atoms with van der Waals surface area (Å²) in [7, 11) is 0. The molecule has 2 aromatic rings. The number of thiazole rings is 1. The van der Waals surface area contributed by atoms with Crippen molar-refractivity contribution in [2.45, 2.75) is 32.9 Å². The van der Waals surface area contributed by atoms with Crippen LogP contribution in [0, 0.1) is 11.8 Å². The Bertz CT molecular complexity index is 1080. The Labute approximate surface area is 192 Å². The predicted molar refractivity (Wildman–Crippen MR) is 99.7 cm³/mol. The zero-order chi connectivity index (χ0) is 20.3. The molecule has 2 aliphatic heterocycles. The Balaban J connectivity index is 0.00000240. The van der Waals surface area contributed by atoms with Crippen molar-refractivity contribution in [1.82, 2.24) is 14.3 Å². The van der Waals surface area contributed by atoms with Gasteiger partial charge >= 0.3 is 29.6 Å². The summed E-state index contributed by atoms with van der Waals surface area (Å²) in [6.45, 7) is 4.84. The molecule has 0 radical (unpaired) electrons. The van der Waals surface area contributed by atoms with Crippen molar-refractivity contribution in [3.8, 4) is 0 Å². The van der Waals surface area contributed by atoms with Crippen LogP contribution in [0.1, 0.15) is 31.3 Å². The van der Waals surface area contributed by atoms with E-state index >= 15 is 0 Å². The monoisotopic (exact) mass is 423 g/mol. The van der Waals surface area contributed by atoms with Gasteiger partial charge < -0.3 is 19.9 Å². The van der Waals surface area contributed by atoms with E-state index in [1.54, 1.807) is 23.0 Å². The number of carboxylic acids is 1. The van der Waals surface area contributed by atoms with Crippen LogP contribution in [0.2, 0.25) is 0 Å². The molecule has 1 N–H and O–H groups in total. The molecule has 4 atom stereocenters. The molecule has 0 aromatic carbocycles. The second-order valence-corrected chi connectivity index (χ2v) is 8.22. The topological polar surface area (TPSA) is 115 Å². The number of carbonyl (C=O) groups is 3. The van der Waals surface area contributed by atoms with E-state index in [9.17, 15) is 24.6 Å². The molecule has 4 rings (SSSR count). The predicted octanol–water partition coefficient (Wildman–Crippen LogP) is -2.68. The van der Waals surface area contributed by atoms with Gasteiger partial charge in [0.25, 0.3) is 0 Å². The number of rotatable bonds is 5. The molecule has 29 heavy (non-hydrogen) atoms. The average molecular weight is 423 g/mol. The van der Waals surface area contributed by atoms with Crippen LogP contribution in [-0.2, 0) is 14.4 Å². The third-order valence-electron chi connectivity index (χ3n) is 5.34. The molecule has 2 aromatic heterocycles. The standard InChI is InChI=1S/C19H19N3O5S.Na/c1-8(23)4-5-11-18-21(7-20-11)6-12(28-18)13-9(2)15-14(10(3)24)17(25)22(15)16(13)19(26)27;/h4-7,9-10,14-15,24H,1-3H3,(H,26,27);/q;+1/p-1/b5-4+;/t9-,10+,14+,15+;/m0./s1. The van der Waals surface area contributed by atoms with Gasteiger partial charge in [0.2, 0.25) is 5.91 Å². The summed E-state index contributed by atoms with van der Waals surface area (Å²) >= 11 is 1.34. The fourth-order valence-corrected chi connectivity index (χ4v) is 5.33. The van der Waals surface area contributed by atoms with Crippen LogP contribution in [0.25, 0.3) is 16.5 Å². The number of nitrogens with zero attached hydrogens (tertiary/aromatic N) is 3. The van der Waals surface area contributed by atoms with Crippen molar-refractivity contribution in [1.29, 1.82) is 0 Å². The molecule has 0 unspecified atom stereocenters. The number of hydrogen-bond donors (Lipinski definition) is 1. The third kappa shape index (κ3) is 3.30. The molecule has 146 valence electrons. The van der Waals surface area contributed by atoms with Crippen molar-refractivity contribution < 1.29 is 54.2 Å². The van der Waals surface area contributed by atoms with Crippen LogP contribution in [-0.4, -0.2) is 49.2 Å². The number of aliphatic hydroxyl groups is 1. The fraction of sp³-hybridized carbons (Fsp3) is 0.368. The van der Waals surface area contributed by atoms with E-state index in [-0.39, 0.29) is 47.0 Å². The molecular formula is C19H18N3NaO5S. The molecular weight excluding hydrogens is 405 g/mol. The number of carbonyl (C=O) groups excluding carboxylic acids is 3. The molecule has 10 heteroatoms. The first-order chi connectivity index (χ1) is 13.2. The van der Waals surface area contributed by atoms with Gasteiger partial charge in [-0.1, -0.05) is 6.92 Å². The molecule has 1 fully saturated rings. The summed E-state index contributed by atoms with van der Waals surface area (Å²) in [5.41, 5.74) is 1.00. The molecule has 2 aliphatic rings. The maximum Gasteiger partial charge on any atom is 1.00 e. The third-order valence-corrected chi connectivity index (χ3v) is 6.50. The van der Waals surface area contributed by atoms with Gasteiger partial charge in [0.1, 0.15) is 11.2 Å². The number of imidazole rings is 1. The first-order valence-electron chi connectivity index (χ1n) is 8.84. The van der Waals surface area contributed by atoms with Crippen molar-refractivity contribution in [2.24, 2.45) is 11.8 Å². The summed E-state index contributed by atoms with van der Waals surface area (Å²) < 4.78 is 1.76. The van der Waals surface area contributed by atoms with Crippen LogP contribution in [0.5, 0.6) is 0 Å². The molecule has 0 spiro atoms. The number of aromatic nitrogens is 2. The number of ketones is 1. The first-order valence-corrected chi connectivity index (χ1v) is 9.66. The number of aliphatic hydroxyl groups excluding tert-OH is 1. The van der Waals surface area contributed by atoms with E-state index in [2.05, 4.69) is 4.98 Å². The van der Waals surface area contributed by atoms with E-state index in [4.69, 9.17) is 0 Å². The largest absolute Gasteiger partial charge is 1.00 e. The van der Waals surface area contributed by atoms with Gasteiger partial charge in [-0.2, -0.15) is 0 Å². The number of aliphatic carboxylic acids is 1. The number of amides is 1. The zero-order valence-electron chi connectivity index (χ0n) is 16.4. The van der Waals surface area contributed by atoms with Gasteiger partial charge in [0, 0.05) is 17.7 Å². The Kier molecular flexibility index (Phi) is 5.90. The van der Waals surface area contributed by atoms with Crippen LogP contribution in [0.4, 0.5) is 0 Å². The molecule has 0 saturated carbocycles. The van der Waals surface area contributed by atoms with Gasteiger partial charge in [-0.25, -0.2) is 4.98 Å². The van der Waals surface area contributed by atoms with Crippen LogP contribution in [0.3, 0.4) is 0 Å². The fourth-order valence-electron chi connectivity index (χ4n) is 4.14. The molecule has 4 heterocycles. The Morgan fingerprint density at radius 3 is 2.69 bits per heavy atom. The second-order valence-electron chi connectivity index (χ2n) is 7.19. The van der Waals surface area contributed by atoms with Crippen molar-refractivity contribution in [3.63, 3.8) is 0 Å². The summed E-state index contributed by atoms with van der Waals surface area (Å²) in [5, 5.41) is 21.8. The summed E-state index contributed by atoms with van der Waals surface area (Å²) in [6.07, 6.45) is 5.53. The van der Waals surface area contributed by atoms with Gasteiger partial charge in [-0.15, -0.1) is 11.3 Å². The number of β-lactam (4-membered cyclic amide) rings is 1. The van der Waals surface area contributed by atoms with Crippen LogP contribution < -0.4 is 34.7 Å². The van der Waals surface area contributed by atoms with Crippen molar-refractivity contribution in [2.75, 3.05) is 0 Å². The van der Waals surface area contributed by atoms with E-state index in [0.29, 0.717) is 16.1 Å². The SMILES string of the molecule is CC(=O)/C=C/c1ncn2cc(C3=C(C(=O)[O-])N4C(=O)[C@H]([C@@H](C)O)[C@H]4[C@H]3C)sc12.[Na+]. The molecule has 1 saturated heterocycles. The number of fused-ring (bicyclic) bond motifs is 2. The van der Waals surface area contributed by atoms with Crippen LogP contribution in [0.15, 0.2) is 24.3 Å². The number of carboxylic acid groups (broad SMARTS) is 1. The second kappa shape index (κ2) is 7.81. The van der Waals surface area contributed by atoms with E-state index in [0.717, 1.165) is 4.83 Å². The minimum Gasteiger partial charge on any atom is -0.543 e. The molecule has 8 nitrogen and oxygen atoms in total. The zero-order valence-corrected chi connectivity index (χ0v) is 19.3. The maximum absolute atomic E-state index is 12.4. The minimum atomic E-state index is -1.41. The van der Waals surface area contributed by atoms with Gasteiger partial charge in [0.05, 0.1) is 40.3 Å². The van der Waals surface area contributed by atoms with Gasteiger partial charge in [0.15, 0.2) is 5.78 Å². The minimum absolute atomic E-state index is 0. The summed E-state index contributed by atoms with van der Waals surface area (Å²) in [6, 6.07) is -0.396. The normalized spacial score (nSPS) is 24.6. The number of allylic oxidation sites excluding steroid dienone is 1. The molecule has 1 amide bonds. The first kappa shape index (κ1) is 21.9. The summed E-state index contributed by atoms with van der Waals surface area (Å²) in [5.74, 6) is -2.79. The Morgan fingerprint density at radius 1 is 1.41 bits per heavy atom. The number of hydrogen-bond acceptors (Lipinski definition) is 7. The van der Waals surface area contributed by atoms with E-state index < -0.39 is 29.9 Å². The molecule has 0 aliphatic carbocycles. The van der Waals surface area contributed by atoms with Crippen molar-refractivity contribution >= 4 is 45.5 Å². The Hall–Kier alpha value is -1.78. The average Bonchev–Trinajstić information content (AvgIpc) is 3.22. The quantitative estimate of drug-likeness (QED) is 0.319. The van der Waals surface area contributed by atoms with Gasteiger partial charge in [-0.3, -0.25) is 14.0 Å². The van der Waals surface area contributed by atoms with E-state index in [1.807, 2.05) is 6.92 Å². The van der Waals surface area contributed by atoms with Crippen molar-refractivity contribution in [3.05, 3.63) is 34.9 Å². The molecule has 0 bridgehead atoms.